The van der Waals surface area contributed by atoms with Gasteiger partial charge in [-0.2, -0.15) is 0 Å². The summed E-state index contributed by atoms with van der Waals surface area (Å²) in [5, 5.41) is 4.07. The maximum Gasteiger partial charge on any atom is 0.243 e. The molecular formula is C29H32Cl2N2O2. The third kappa shape index (κ3) is 7.84. The minimum absolute atomic E-state index is 0.00591. The number of carbonyl (C=O) groups excluding carboxylic acids is 2. The molecule has 0 aliphatic heterocycles. The zero-order chi connectivity index (χ0) is 25.4. The molecule has 3 aromatic carbocycles. The van der Waals surface area contributed by atoms with Gasteiger partial charge in [0.1, 0.15) is 6.04 Å². The summed E-state index contributed by atoms with van der Waals surface area (Å²) < 4.78 is 0. The molecule has 0 aliphatic rings. The van der Waals surface area contributed by atoms with Crippen LogP contribution in [0.25, 0.3) is 0 Å². The minimum Gasteiger partial charge on any atom is -0.352 e. The van der Waals surface area contributed by atoms with E-state index in [0.717, 1.165) is 28.7 Å². The van der Waals surface area contributed by atoms with Gasteiger partial charge in [0.2, 0.25) is 11.8 Å². The molecule has 2 unspecified atom stereocenters. The number of carbonyl (C=O) groups is 2. The van der Waals surface area contributed by atoms with E-state index in [-0.39, 0.29) is 30.8 Å². The molecule has 0 aliphatic carbocycles. The van der Waals surface area contributed by atoms with Crippen LogP contribution in [-0.2, 0) is 29.0 Å². The monoisotopic (exact) mass is 510 g/mol. The van der Waals surface area contributed by atoms with Crippen LogP contribution < -0.4 is 5.32 Å². The van der Waals surface area contributed by atoms with Crippen LogP contribution in [0.5, 0.6) is 0 Å². The second kappa shape index (κ2) is 12.8. The van der Waals surface area contributed by atoms with Crippen LogP contribution in [0.4, 0.5) is 0 Å². The summed E-state index contributed by atoms with van der Waals surface area (Å²) in [5.41, 5.74) is 3.70. The van der Waals surface area contributed by atoms with Gasteiger partial charge in [-0.15, -0.1) is 0 Å². The van der Waals surface area contributed by atoms with Crippen LogP contribution in [0.15, 0.2) is 72.8 Å². The maximum absolute atomic E-state index is 13.8. The van der Waals surface area contributed by atoms with Crippen molar-refractivity contribution in [2.45, 2.75) is 58.7 Å². The van der Waals surface area contributed by atoms with Gasteiger partial charge < -0.3 is 10.2 Å². The molecule has 2 atom stereocenters. The molecule has 184 valence electrons. The Bertz CT molecular complexity index is 1150. The molecule has 1 N–H and O–H groups in total. The summed E-state index contributed by atoms with van der Waals surface area (Å²) >= 11 is 12.6. The number of aryl methyl sites for hydroxylation is 1. The number of hydrogen-bond donors (Lipinski definition) is 1. The van der Waals surface area contributed by atoms with Crippen LogP contribution >= 0.6 is 23.2 Å². The Labute approximate surface area is 218 Å². The Hall–Kier alpha value is -2.82. The first-order valence-corrected chi connectivity index (χ1v) is 12.7. The third-order valence-corrected chi connectivity index (χ3v) is 6.65. The lowest BCUT2D eigenvalue weighted by Crippen LogP contribution is -2.52. The van der Waals surface area contributed by atoms with Gasteiger partial charge >= 0.3 is 0 Å². The predicted molar refractivity (Wildman–Crippen MR) is 144 cm³/mol. The molecule has 0 radical (unpaired) electrons. The Balaban J connectivity index is 2.00. The lowest BCUT2D eigenvalue weighted by molar-refractivity contribution is -0.141. The van der Waals surface area contributed by atoms with Gasteiger partial charge in [0.05, 0.1) is 6.42 Å². The Morgan fingerprint density at radius 1 is 0.943 bits per heavy atom. The second-order valence-corrected chi connectivity index (χ2v) is 9.79. The normalized spacial score (nSPS) is 12.6. The van der Waals surface area contributed by atoms with E-state index < -0.39 is 6.04 Å². The van der Waals surface area contributed by atoms with Gasteiger partial charge in [-0.25, -0.2) is 0 Å². The van der Waals surface area contributed by atoms with Gasteiger partial charge in [0.25, 0.3) is 0 Å². The van der Waals surface area contributed by atoms with Crippen LogP contribution in [0, 0.1) is 6.92 Å². The lowest BCUT2D eigenvalue weighted by Gasteiger charge is -2.32. The summed E-state index contributed by atoms with van der Waals surface area (Å²) in [5.74, 6) is -0.312. The van der Waals surface area contributed by atoms with Gasteiger partial charge in [-0.05, 0) is 49.1 Å². The van der Waals surface area contributed by atoms with Gasteiger partial charge in [0, 0.05) is 29.1 Å². The van der Waals surface area contributed by atoms with Crippen molar-refractivity contribution in [1.82, 2.24) is 10.2 Å². The van der Waals surface area contributed by atoms with Crippen LogP contribution in [0.2, 0.25) is 10.0 Å². The van der Waals surface area contributed by atoms with Gasteiger partial charge in [0.15, 0.2) is 0 Å². The molecule has 0 fully saturated rings. The van der Waals surface area contributed by atoms with Gasteiger partial charge in [-0.1, -0.05) is 96.4 Å². The molecule has 2 amide bonds. The molecule has 0 saturated heterocycles. The number of rotatable bonds is 10. The minimum atomic E-state index is -0.699. The van der Waals surface area contributed by atoms with E-state index in [1.54, 1.807) is 17.0 Å². The topological polar surface area (TPSA) is 49.4 Å². The summed E-state index contributed by atoms with van der Waals surface area (Å²) in [6, 6.07) is 22.1. The molecule has 3 aromatic rings. The smallest absolute Gasteiger partial charge is 0.243 e. The number of benzene rings is 3. The predicted octanol–water partition coefficient (Wildman–Crippen LogP) is 6.40. The summed E-state index contributed by atoms with van der Waals surface area (Å²) in [4.78, 5) is 29.0. The van der Waals surface area contributed by atoms with E-state index in [0.29, 0.717) is 16.5 Å². The van der Waals surface area contributed by atoms with E-state index in [2.05, 4.69) is 5.32 Å². The van der Waals surface area contributed by atoms with Crippen LogP contribution in [0.3, 0.4) is 0 Å². The van der Waals surface area contributed by atoms with Crippen molar-refractivity contribution in [3.63, 3.8) is 0 Å². The van der Waals surface area contributed by atoms with E-state index in [9.17, 15) is 9.59 Å². The number of hydrogen-bond acceptors (Lipinski definition) is 2. The number of nitrogens with one attached hydrogen (secondary N) is 1. The summed E-state index contributed by atoms with van der Waals surface area (Å²) in [6.45, 7) is 6.18. The van der Waals surface area contributed by atoms with Crippen molar-refractivity contribution >= 4 is 35.0 Å². The fourth-order valence-corrected chi connectivity index (χ4v) is 4.40. The molecule has 0 aromatic heterocycles. The van der Waals surface area contributed by atoms with Crippen LogP contribution in [0.1, 0.15) is 42.5 Å². The SMILES string of the molecule is CCC(C)NC(=O)C(Cc1ccccc1)N(Cc1ccc(Cl)cc1Cl)C(=O)Cc1cccc(C)c1. The van der Waals surface area contributed by atoms with E-state index in [4.69, 9.17) is 23.2 Å². The average molecular weight is 511 g/mol. The van der Waals surface area contributed by atoms with Crippen molar-refractivity contribution in [1.29, 1.82) is 0 Å². The number of nitrogens with zero attached hydrogens (tertiary/aromatic N) is 1. The highest BCUT2D eigenvalue weighted by Gasteiger charge is 2.31. The van der Waals surface area contributed by atoms with Crippen molar-refractivity contribution in [3.8, 4) is 0 Å². The average Bonchev–Trinajstić information content (AvgIpc) is 2.83. The first kappa shape index (κ1) is 26.8. The molecule has 4 nitrogen and oxygen atoms in total. The highest BCUT2D eigenvalue weighted by molar-refractivity contribution is 6.35. The third-order valence-electron chi connectivity index (χ3n) is 6.07. The van der Waals surface area contributed by atoms with Crippen molar-refractivity contribution < 1.29 is 9.59 Å². The largest absolute Gasteiger partial charge is 0.352 e. The fraction of sp³-hybridized carbons (Fsp3) is 0.310. The standard InChI is InChI=1S/C29H32Cl2N2O2/c1-4-21(3)32-29(35)27(16-22-10-6-5-7-11-22)33(19-24-13-14-25(30)18-26(24)31)28(34)17-23-12-8-9-20(2)15-23/h5-15,18,21,27H,4,16-17,19H2,1-3H3,(H,32,35). The molecule has 0 bridgehead atoms. The Morgan fingerprint density at radius 2 is 1.66 bits per heavy atom. The number of amides is 2. The van der Waals surface area contributed by atoms with E-state index >= 15 is 0 Å². The highest BCUT2D eigenvalue weighted by Crippen LogP contribution is 2.24. The van der Waals surface area contributed by atoms with Crippen molar-refractivity contribution in [2.75, 3.05) is 0 Å². The molecule has 0 spiro atoms. The molecule has 35 heavy (non-hydrogen) atoms. The van der Waals surface area contributed by atoms with Crippen molar-refractivity contribution in [3.05, 3.63) is 105 Å². The van der Waals surface area contributed by atoms with Gasteiger partial charge in [-0.3, -0.25) is 9.59 Å². The first-order chi connectivity index (χ1) is 16.8. The first-order valence-electron chi connectivity index (χ1n) is 11.9. The summed E-state index contributed by atoms with van der Waals surface area (Å²) in [6.07, 6.45) is 1.38. The number of halogens is 2. The quantitative estimate of drug-likeness (QED) is 0.343. The Kier molecular flexibility index (Phi) is 9.76. The highest BCUT2D eigenvalue weighted by atomic mass is 35.5. The van der Waals surface area contributed by atoms with E-state index in [1.165, 1.54) is 0 Å². The zero-order valence-corrected chi connectivity index (χ0v) is 21.9. The molecule has 3 rings (SSSR count). The molecule has 0 heterocycles. The molecular weight excluding hydrogens is 479 g/mol. The molecule has 6 heteroatoms. The lowest BCUT2D eigenvalue weighted by atomic mass is 10.0. The Morgan fingerprint density at radius 3 is 2.31 bits per heavy atom. The zero-order valence-electron chi connectivity index (χ0n) is 20.4. The second-order valence-electron chi connectivity index (χ2n) is 8.95. The molecule has 0 saturated carbocycles. The van der Waals surface area contributed by atoms with E-state index in [1.807, 2.05) is 81.4 Å². The van der Waals surface area contributed by atoms with Crippen molar-refractivity contribution in [2.24, 2.45) is 0 Å². The fourth-order valence-electron chi connectivity index (χ4n) is 3.93. The maximum atomic E-state index is 13.8. The van der Waals surface area contributed by atoms with Crippen LogP contribution in [-0.4, -0.2) is 28.8 Å². The summed E-state index contributed by atoms with van der Waals surface area (Å²) in [7, 11) is 0.